The number of amides is 1. The number of rotatable bonds is 1. The minimum Gasteiger partial charge on any atom is -0.388 e. The van der Waals surface area contributed by atoms with E-state index in [-0.39, 0.29) is 12.5 Å². The molecule has 7 heteroatoms. The summed E-state index contributed by atoms with van der Waals surface area (Å²) < 4.78 is 16.3. The van der Waals surface area contributed by atoms with Gasteiger partial charge in [0.25, 0.3) is 0 Å². The second kappa shape index (κ2) is 4.75. The summed E-state index contributed by atoms with van der Waals surface area (Å²) in [5.41, 5.74) is 0. The Morgan fingerprint density at radius 3 is 2.67 bits per heavy atom. The fourth-order valence-electron chi connectivity index (χ4n) is 2.25. The number of ether oxygens (including phenoxy) is 3. The predicted octanol–water partition coefficient (Wildman–Crippen LogP) is -1.28. The van der Waals surface area contributed by atoms with Crippen LogP contribution in [0.1, 0.15) is 20.8 Å². The van der Waals surface area contributed by atoms with Crippen LogP contribution in [-0.2, 0) is 19.0 Å². The highest BCUT2D eigenvalue weighted by molar-refractivity contribution is 5.73. The summed E-state index contributed by atoms with van der Waals surface area (Å²) in [7, 11) is 0. The zero-order chi connectivity index (χ0) is 13.5. The molecule has 2 saturated heterocycles. The van der Waals surface area contributed by atoms with E-state index in [4.69, 9.17) is 14.2 Å². The van der Waals surface area contributed by atoms with Gasteiger partial charge in [-0.3, -0.25) is 4.79 Å². The Labute approximate surface area is 105 Å². The number of aliphatic hydroxyl groups excluding tert-OH is 2. The highest BCUT2D eigenvalue weighted by Gasteiger charge is 2.50. The van der Waals surface area contributed by atoms with Crippen LogP contribution in [0.15, 0.2) is 0 Å². The van der Waals surface area contributed by atoms with Crippen molar-refractivity contribution >= 4 is 5.91 Å². The summed E-state index contributed by atoms with van der Waals surface area (Å²) in [6, 6.07) is -0.905. The summed E-state index contributed by atoms with van der Waals surface area (Å²) in [6.07, 6.45) is -3.52. The Bertz CT molecular complexity index is 333. The van der Waals surface area contributed by atoms with Crippen LogP contribution < -0.4 is 5.32 Å². The number of hydrogen-bond acceptors (Lipinski definition) is 6. The van der Waals surface area contributed by atoms with Crippen LogP contribution in [0, 0.1) is 0 Å². The van der Waals surface area contributed by atoms with E-state index in [1.807, 2.05) is 0 Å². The van der Waals surface area contributed by atoms with Crippen molar-refractivity contribution < 1.29 is 29.2 Å². The normalized spacial score (nSPS) is 43.1. The lowest BCUT2D eigenvalue weighted by atomic mass is 9.95. The van der Waals surface area contributed by atoms with Gasteiger partial charge in [0.2, 0.25) is 5.91 Å². The zero-order valence-corrected chi connectivity index (χ0v) is 10.6. The maximum absolute atomic E-state index is 11.0. The molecule has 5 atom stereocenters. The van der Waals surface area contributed by atoms with Crippen molar-refractivity contribution in [3.05, 3.63) is 0 Å². The third kappa shape index (κ3) is 2.65. The van der Waals surface area contributed by atoms with Crippen LogP contribution in [0.5, 0.6) is 0 Å². The number of hydrogen-bond donors (Lipinski definition) is 3. The Hall–Kier alpha value is -0.730. The Morgan fingerprint density at radius 1 is 1.39 bits per heavy atom. The molecule has 2 rings (SSSR count). The third-order valence-corrected chi connectivity index (χ3v) is 3.08. The Balaban J connectivity index is 2.12. The molecule has 0 saturated carbocycles. The summed E-state index contributed by atoms with van der Waals surface area (Å²) in [5, 5.41) is 22.4. The molecular weight excluding hydrogens is 242 g/mol. The number of aliphatic hydroxyl groups is 2. The smallest absolute Gasteiger partial charge is 0.217 e. The Kier molecular flexibility index (Phi) is 3.61. The summed E-state index contributed by atoms with van der Waals surface area (Å²) in [4.78, 5) is 11.0. The van der Waals surface area contributed by atoms with Gasteiger partial charge in [0.1, 0.15) is 24.4 Å². The van der Waals surface area contributed by atoms with Gasteiger partial charge in [0.15, 0.2) is 12.1 Å². The predicted molar refractivity (Wildman–Crippen MR) is 59.4 cm³/mol. The molecule has 3 N–H and O–H groups in total. The lowest BCUT2D eigenvalue weighted by molar-refractivity contribution is -0.364. The van der Waals surface area contributed by atoms with Gasteiger partial charge in [-0.15, -0.1) is 0 Å². The molecule has 18 heavy (non-hydrogen) atoms. The molecule has 0 radical (unpaired) electrons. The number of carbonyl (C=O) groups is 1. The first-order chi connectivity index (χ1) is 8.30. The average Bonchev–Trinajstić information content (AvgIpc) is 2.25. The quantitative estimate of drug-likeness (QED) is 0.544. The van der Waals surface area contributed by atoms with Crippen molar-refractivity contribution in [1.82, 2.24) is 5.32 Å². The van der Waals surface area contributed by atoms with E-state index in [9.17, 15) is 15.0 Å². The molecule has 7 nitrogen and oxygen atoms in total. The topological polar surface area (TPSA) is 97.3 Å². The highest BCUT2D eigenvalue weighted by Crippen LogP contribution is 2.31. The van der Waals surface area contributed by atoms with E-state index >= 15 is 0 Å². The first kappa shape index (κ1) is 13.7. The van der Waals surface area contributed by atoms with Crippen molar-refractivity contribution in [2.45, 2.75) is 57.2 Å². The van der Waals surface area contributed by atoms with Crippen molar-refractivity contribution in [3.8, 4) is 0 Å². The molecule has 2 aliphatic rings. The molecular formula is C11H19NO6. The van der Waals surface area contributed by atoms with Gasteiger partial charge in [0, 0.05) is 6.92 Å². The van der Waals surface area contributed by atoms with Crippen molar-refractivity contribution in [2.24, 2.45) is 0 Å². The molecule has 0 aromatic heterocycles. The second-order valence-corrected chi connectivity index (χ2v) is 5.08. The number of nitrogens with one attached hydrogen (secondary N) is 1. The van der Waals surface area contributed by atoms with E-state index < -0.39 is 36.4 Å². The van der Waals surface area contributed by atoms with Gasteiger partial charge in [-0.2, -0.15) is 0 Å². The molecule has 0 spiro atoms. The third-order valence-electron chi connectivity index (χ3n) is 3.08. The van der Waals surface area contributed by atoms with Crippen LogP contribution in [0.3, 0.4) is 0 Å². The molecule has 0 aliphatic carbocycles. The fraction of sp³-hybridized carbons (Fsp3) is 0.909. The van der Waals surface area contributed by atoms with E-state index in [0.29, 0.717) is 0 Å². The van der Waals surface area contributed by atoms with Gasteiger partial charge < -0.3 is 29.7 Å². The summed E-state index contributed by atoms with van der Waals surface area (Å²) in [5.74, 6) is -1.18. The van der Waals surface area contributed by atoms with Crippen molar-refractivity contribution in [2.75, 3.05) is 6.61 Å². The van der Waals surface area contributed by atoms with E-state index in [1.165, 1.54) is 6.92 Å². The highest BCUT2D eigenvalue weighted by atomic mass is 16.7. The van der Waals surface area contributed by atoms with Gasteiger partial charge in [-0.05, 0) is 13.8 Å². The van der Waals surface area contributed by atoms with Gasteiger partial charge in [-0.1, -0.05) is 0 Å². The van der Waals surface area contributed by atoms with Crippen molar-refractivity contribution in [3.63, 3.8) is 0 Å². The van der Waals surface area contributed by atoms with Crippen LogP contribution in [0.4, 0.5) is 0 Å². The van der Waals surface area contributed by atoms with E-state index in [2.05, 4.69) is 5.32 Å². The molecule has 0 bridgehead atoms. The SMILES string of the molecule is CC(=O)NC1C(O)OC2COC(C)(C)O[C@@H]2[C@@H]1O. The minimum atomic E-state index is -1.28. The molecule has 2 heterocycles. The standard InChI is InChI=1S/C11H19NO6/c1-5(13)12-7-8(14)9-6(17-10(7)15)4-16-11(2,3)18-9/h6-10,14-15H,4H2,1-3H3,(H,12,13)/t6?,7?,8-,9+,10?/m1/s1. The van der Waals surface area contributed by atoms with Crippen molar-refractivity contribution in [1.29, 1.82) is 0 Å². The zero-order valence-electron chi connectivity index (χ0n) is 10.6. The monoisotopic (exact) mass is 261 g/mol. The molecule has 2 aliphatic heterocycles. The first-order valence-corrected chi connectivity index (χ1v) is 5.90. The lowest BCUT2D eigenvalue weighted by Gasteiger charge is -2.48. The number of fused-ring (bicyclic) bond motifs is 1. The van der Waals surface area contributed by atoms with E-state index in [1.54, 1.807) is 13.8 Å². The fourth-order valence-corrected chi connectivity index (χ4v) is 2.25. The molecule has 1 amide bonds. The molecule has 0 aromatic carbocycles. The van der Waals surface area contributed by atoms with Crippen LogP contribution in [0.2, 0.25) is 0 Å². The molecule has 3 unspecified atom stereocenters. The van der Waals surface area contributed by atoms with Gasteiger partial charge in [0.05, 0.1) is 6.61 Å². The lowest BCUT2D eigenvalue weighted by Crippen LogP contribution is -2.67. The van der Waals surface area contributed by atoms with Gasteiger partial charge >= 0.3 is 0 Å². The van der Waals surface area contributed by atoms with Crippen LogP contribution in [0.25, 0.3) is 0 Å². The summed E-state index contributed by atoms with van der Waals surface area (Å²) in [6.45, 7) is 4.99. The second-order valence-electron chi connectivity index (χ2n) is 5.08. The summed E-state index contributed by atoms with van der Waals surface area (Å²) >= 11 is 0. The minimum absolute atomic E-state index is 0.221. The van der Waals surface area contributed by atoms with E-state index in [0.717, 1.165) is 0 Å². The number of carbonyl (C=O) groups excluding carboxylic acids is 1. The molecule has 0 aromatic rings. The average molecular weight is 261 g/mol. The maximum Gasteiger partial charge on any atom is 0.217 e. The molecule has 104 valence electrons. The van der Waals surface area contributed by atoms with Crippen LogP contribution >= 0.6 is 0 Å². The largest absolute Gasteiger partial charge is 0.388 e. The van der Waals surface area contributed by atoms with Gasteiger partial charge in [-0.25, -0.2) is 0 Å². The first-order valence-electron chi connectivity index (χ1n) is 5.90. The molecule has 2 fully saturated rings. The van der Waals surface area contributed by atoms with Crippen LogP contribution in [-0.4, -0.2) is 59.2 Å². The Morgan fingerprint density at radius 2 is 2.06 bits per heavy atom. The maximum atomic E-state index is 11.0.